The summed E-state index contributed by atoms with van der Waals surface area (Å²) in [5, 5.41) is 0. The number of fused-ring (bicyclic) bond motifs is 5. The van der Waals surface area contributed by atoms with Crippen molar-refractivity contribution in [2.75, 3.05) is 31.1 Å². The number of hydrogen-bond acceptors (Lipinski definition) is 4. The minimum Gasteiger partial charge on any atom is -0.492 e. The Labute approximate surface area is 172 Å². The summed E-state index contributed by atoms with van der Waals surface area (Å²) in [6, 6.07) is 7.41. The third kappa shape index (κ3) is 3.25. The van der Waals surface area contributed by atoms with Gasteiger partial charge in [-0.25, -0.2) is 0 Å². The molecule has 2 aliphatic heterocycles. The number of halogens is 1. The second-order valence-corrected chi connectivity index (χ2v) is 8.26. The summed E-state index contributed by atoms with van der Waals surface area (Å²) < 4.78 is 5.86. The van der Waals surface area contributed by atoms with Crippen molar-refractivity contribution < 1.29 is 14.3 Å². The Morgan fingerprint density at radius 2 is 1.50 bits per heavy atom. The minimum atomic E-state index is -0.145. The number of nitrogens with zero attached hydrogens (tertiary/aromatic N) is 2. The van der Waals surface area contributed by atoms with Gasteiger partial charge in [-0.05, 0) is 68.5 Å². The topological polar surface area (TPSA) is 49.9 Å². The molecule has 150 valence electrons. The van der Waals surface area contributed by atoms with Crippen LogP contribution < -0.4 is 9.64 Å². The molecule has 2 saturated heterocycles. The maximum atomic E-state index is 12.9. The number of amides is 2. The number of imide groups is 1. The first-order chi connectivity index (χ1) is 13.2. The standard InChI is InChI=1S/C22H26N2O3.ClH/c25-21-19-15-4-5-16(14-15)20(19)22(26)24(21)17-6-8-18(9-7-17)27-13-12-23-10-2-1-3-11-23;/h4-9,15-16,19-20H,1-3,10-14H2;1H. The number of benzene rings is 1. The molecule has 2 amide bonds. The Hall–Kier alpha value is -1.85. The monoisotopic (exact) mass is 402 g/mol. The number of anilines is 1. The maximum absolute atomic E-state index is 12.9. The van der Waals surface area contributed by atoms with Gasteiger partial charge in [0.2, 0.25) is 11.8 Å². The molecule has 0 N–H and O–H groups in total. The molecule has 0 aromatic heterocycles. The highest BCUT2D eigenvalue weighted by Gasteiger charge is 2.59. The fourth-order valence-corrected chi connectivity index (χ4v) is 5.32. The van der Waals surface area contributed by atoms with E-state index >= 15 is 0 Å². The SMILES string of the molecule is Cl.O=C1C2C3C=CC(C3)C2C(=O)N1c1ccc(OCCN2CCCCC2)cc1. The van der Waals surface area contributed by atoms with Crippen LogP contribution in [0.5, 0.6) is 5.75 Å². The van der Waals surface area contributed by atoms with Gasteiger partial charge in [0.05, 0.1) is 17.5 Å². The van der Waals surface area contributed by atoms with Crippen LogP contribution >= 0.6 is 12.4 Å². The van der Waals surface area contributed by atoms with Crippen LogP contribution in [0, 0.1) is 23.7 Å². The van der Waals surface area contributed by atoms with E-state index < -0.39 is 0 Å². The molecular weight excluding hydrogens is 376 g/mol. The third-order valence-electron chi connectivity index (χ3n) is 6.69. The summed E-state index contributed by atoms with van der Waals surface area (Å²) in [5.74, 6) is 0.941. The molecule has 2 heterocycles. The van der Waals surface area contributed by atoms with E-state index in [0.29, 0.717) is 12.3 Å². The van der Waals surface area contributed by atoms with Crippen molar-refractivity contribution in [1.82, 2.24) is 4.90 Å². The lowest BCUT2D eigenvalue weighted by Crippen LogP contribution is -2.33. The van der Waals surface area contributed by atoms with Crippen LogP contribution in [0.2, 0.25) is 0 Å². The van der Waals surface area contributed by atoms with Gasteiger partial charge in [-0.2, -0.15) is 0 Å². The first-order valence-electron chi connectivity index (χ1n) is 10.2. The Balaban J connectivity index is 0.00000192. The van der Waals surface area contributed by atoms with Crippen LogP contribution in [0.3, 0.4) is 0 Å². The first-order valence-corrected chi connectivity index (χ1v) is 10.2. The van der Waals surface area contributed by atoms with Gasteiger partial charge in [0, 0.05) is 6.54 Å². The van der Waals surface area contributed by atoms with Crippen LogP contribution in [0.15, 0.2) is 36.4 Å². The fourth-order valence-electron chi connectivity index (χ4n) is 5.32. The summed E-state index contributed by atoms with van der Waals surface area (Å²) in [6.07, 6.45) is 9.12. The fraction of sp³-hybridized carbons (Fsp3) is 0.545. The summed E-state index contributed by atoms with van der Waals surface area (Å²) >= 11 is 0. The van der Waals surface area contributed by atoms with Crippen molar-refractivity contribution in [2.45, 2.75) is 25.7 Å². The van der Waals surface area contributed by atoms with E-state index in [4.69, 9.17) is 4.74 Å². The number of piperidine rings is 1. The van der Waals surface area contributed by atoms with Crippen molar-refractivity contribution in [3.05, 3.63) is 36.4 Å². The van der Waals surface area contributed by atoms with Gasteiger partial charge in [-0.1, -0.05) is 18.6 Å². The molecular formula is C22H27ClN2O3. The lowest BCUT2D eigenvalue weighted by atomic mass is 9.85. The number of rotatable bonds is 5. The van der Waals surface area contributed by atoms with Crippen LogP contribution in [-0.2, 0) is 9.59 Å². The lowest BCUT2D eigenvalue weighted by Gasteiger charge is -2.26. The van der Waals surface area contributed by atoms with Crippen molar-refractivity contribution >= 4 is 29.9 Å². The molecule has 2 aliphatic carbocycles. The molecule has 0 radical (unpaired) electrons. The van der Waals surface area contributed by atoms with E-state index in [-0.39, 0.29) is 47.9 Å². The summed E-state index contributed by atoms with van der Waals surface area (Å²) in [6.45, 7) is 3.95. The molecule has 4 aliphatic rings. The minimum absolute atomic E-state index is 0. The average molecular weight is 403 g/mol. The smallest absolute Gasteiger partial charge is 0.238 e. The van der Waals surface area contributed by atoms with Crippen molar-refractivity contribution in [3.63, 3.8) is 0 Å². The number of carbonyl (C=O) groups excluding carboxylic acids is 2. The molecule has 5 nitrogen and oxygen atoms in total. The molecule has 28 heavy (non-hydrogen) atoms. The van der Waals surface area contributed by atoms with Gasteiger partial charge in [-0.3, -0.25) is 19.4 Å². The normalized spacial score (nSPS) is 31.2. The van der Waals surface area contributed by atoms with Gasteiger partial charge >= 0.3 is 0 Å². The van der Waals surface area contributed by atoms with Gasteiger partial charge in [0.25, 0.3) is 0 Å². The predicted octanol–water partition coefficient (Wildman–Crippen LogP) is 3.28. The summed E-state index contributed by atoms with van der Waals surface area (Å²) in [5.41, 5.74) is 0.669. The van der Waals surface area contributed by atoms with Gasteiger partial charge in [0.1, 0.15) is 12.4 Å². The summed E-state index contributed by atoms with van der Waals surface area (Å²) in [4.78, 5) is 29.6. The highest BCUT2D eigenvalue weighted by Crippen LogP contribution is 2.53. The van der Waals surface area contributed by atoms with Crippen molar-refractivity contribution in [2.24, 2.45) is 23.7 Å². The lowest BCUT2D eigenvalue weighted by molar-refractivity contribution is -0.123. The van der Waals surface area contributed by atoms with Crippen LogP contribution in [0.1, 0.15) is 25.7 Å². The van der Waals surface area contributed by atoms with E-state index in [1.807, 2.05) is 24.3 Å². The van der Waals surface area contributed by atoms with Gasteiger partial charge in [-0.15, -0.1) is 12.4 Å². The molecule has 3 fully saturated rings. The van der Waals surface area contributed by atoms with Crippen LogP contribution in [0.25, 0.3) is 0 Å². The summed E-state index contributed by atoms with van der Waals surface area (Å²) in [7, 11) is 0. The van der Waals surface area contributed by atoms with Crippen LogP contribution in [-0.4, -0.2) is 43.0 Å². The third-order valence-corrected chi connectivity index (χ3v) is 6.69. The van der Waals surface area contributed by atoms with Crippen LogP contribution in [0.4, 0.5) is 5.69 Å². The number of hydrogen-bond donors (Lipinski definition) is 0. The Bertz CT molecular complexity index is 742. The predicted molar refractivity (Wildman–Crippen MR) is 110 cm³/mol. The molecule has 2 bridgehead atoms. The first kappa shape index (κ1) is 19.5. The molecule has 1 saturated carbocycles. The molecule has 4 unspecified atom stereocenters. The Kier molecular flexibility index (Phi) is 5.48. The molecule has 1 aromatic rings. The Morgan fingerprint density at radius 3 is 2.11 bits per heavy atom. The molecule has 1 aromatic carbocycles. The van der Waals surface area contributed by atoms with E-state index in [2.05, 4.69) is 17.1 Å². The number of ether oxygens (including phenoxy) is 1. The highest BCUT2D eigenvalue weighted by atomic mass is 35.5. The number of allylic oxidation sites excluding steroid dienone is 2. The average Bonchev–Trinajstić information content (AvgIpc) is 3.37. The molecule has 6 heteroatoms. The largest absolute Gasteiger partial charge is 0.492 e. The molecule has 5 rings (SSSR count). The zero-order chi connectivity index (χ0) is 18.4. The van der Waals surface area contributed by atoms with Crippen molar-refractivity contribution in [1.29, 1.82) is 0 Å². The molecule has 0 spiro atoms. The quantitative estimate of drug-likeness (QED) is 0.560. The van der Waals surface area contributed by atoms with E-state index in [0.717, 1.165) is 18.7 Å². The van der Waals surface area contributed by atoms with E-state index in [1.54, 1.807) is 0 Å². The zero-order valence-electron chi connectivity index (χ0n) is 16.0. The highest BCUT2D eigenvalue weighted by molar-refractivity contribution is 6.22. The number of carbonyl (C=O) groups is 2. The maximum Gasteiger partial charge on any atom is 0.238 e. The van der Waals surface area contributed by atoms with Gasteiger partial charge in [0.15, 0.2) is 0 Å². The van der Waals surface area contributed by atoms with Crippen molar-refractivity contribution in [3.8, 4) is 5.75 Å². The van der Waals surface area contributed by atoms with E-state index in [9.17, 15) is 9.59 Å². The number of likely N-dealkylation sites (tertiary alicyclic amines) is 1. The Morgan fingerprint density at radius 1 is 0.893 bits per heavy atom. The van der Waals surface area contributed by atoms with E-state index in [1.165, 1.54) is 37.3 Å². The van der Waals surface area contributed by atoms with Gasteiger partial charge < -0.3 is 4.74 Å². The molecule has 4 atom stereocenters. The second kappa shape index (κ2) is 7.88. The zero-order valence-corrected chi connectivity index (χ0v) is 16.8. The second-order valence-electron chi connectivity index (χ2n) is 8.26.